The zero-order valence-electron chi connectivity index (χ0n) is 15.0. The number of aryl methyl sites for hydroxylation is 2. The van der Waals surface area contributed by atoms with Gasteiger partial charge in [-0.15, -0.1) is 0 Å². The molecule has 0 fully saturated rings. The first-order valence-corrected chi connectivity index (χ1v) is 8.51. The molecule has 1 N–H and O–H groups in total. The number of anilines is 2. The summed E-state index contributed by atoms with van der Waals surface area (Å²) in [7, 11) is 1.81. The molecule has 1 aromatic carbocycles. The molecule has 0 unspecified atom stereocenters. The van der Waals surface area contributed by atoms with E-state index in [1.54, 1.807) is 11.0 Å². The van der Waals surface area contributed by atoms with Crippen LogP contribution in [-0.4, -0.2) is 34.4 Å². The highest BCUT2D eigenvalue weighted by Crippen LogP contribution is 2.19. The van der Waals surface area contributed by atoms with Crippen LogP contribution in [0.5, 0.6) is 0 Å². The highest BCUT2D eigenvalue weighted by molar-refractivity contribution is 5.92. The van der Waals surface area contributed by atoms with Gasteiger partial charge in [0.2, 0.25) is 5.95 Å². The molecule has 5 nitrogen and oxygen atoms in total. The van der Waals surface area contributed by atoms with Gasteiger partial charge in [0, 0.05) is 25.0 Å². The van der Waals surface area contributed by atoms with E-state index in [0.29, 0.717) is 11.6 Å². The second-order valence-corrected chi connectivity index (χ2v) is 5.93. The van der Waals surface area contributed by atoms with Crippen molar-refractivity contribution >= 4 is 17.5 Å². The van der Waals surface area contributed by atoms with Gasteiger partial charge in [0.15, 0.2) is 0 Å². The van der Waals surface area contributed by atoms with E-state index >= 15 is 0 Å². The third kappa shape index (κ3) is 4.54. The number of unbranched alkanes of at least 4 members (excludes halogenated alkanes) is 1. The lowest BCUT2D eigenvalue weighted by molar-refractivity contribution is 0.0787. The quantitative estimate of drug-likeness (QED) is 0.836. The summed E-state index contributed by atoms with van der Waals surface area (Å²) >= 11 is 0. The zero-order chi connectivity index (χ0) is 17.5. The molecule has 1 aromatic heterocycles. The van der Waals surface area contributed by atoms with Gasteiger partial charge in [-0.25, -0.2) is 9.97 Å². The topological polar surface area (TPSA) is 58.1 Å². The van der Waals surface area contributed by atoms with Gasteiger partial charge in [-0.2, -0.15) is 0 Å². The van der Waals surface area contributed by atoms with Gasteiger partial charge in [0.25, 0.3) is 5.91 Å². The van der Waals surface area contributed by atoms with Gasteiger partial charge in [-0.05, 0) is 37.5 Å². The largest absolute Gasteiger partial charge is 0.340 e. The summed E-state index contributed by atoms with van der Waals surface area (Å²) < 4.78 is 0. The van der Waals surface area contributed by atoms with Crippen molar-refractivity contribution in [2.45, 2.75) is 40.0 Å². The summed E-state index contributed by atoms with van der Waals surface area (Å²) in [5.74, 6) is 0.393. The number of amides is 1. The Morgan fingerprint density at radius 1 is 1.21 bits per heavy atom. The summed E-state index contributed by atoms with van der Waals surface area (Å²) in [6, 6.07) is 9.80. The van der Waals surface area contributed by atoms with Crippen molar-refractivity contribution in [1.82, 2.24) is 14.9 Å². The summed E-state index contributed by atoms with van der Waals surface area (Å²) in [4.78, 5) is 23.1. The molecule has 0 aliphatic heterocycles. The number of hydrogen-bond donors (Lipinski definition) is 1. The molecular formula is C19H26N4O. The Morgan fingerprint density at radius 3 is 2.67 bits per heavy atom. The Kier molecular flexibility index (Phi) is 6.29. The smallest absolute Gasteiger partial charge is 0.272 e. The van der Waals surface area contributed by atoms with E-state index in [2.05, 4.69) is 35.2 Å². The summed E-state index contributed by atoms with van der Waals surface area (Å²) in [5, 5.41) is 3.25. The minimum atomic E-state index is -0.0687. The zero-order valence-corrected chi connectivity index (χ0v) is 15.0. The van der Waals surface area contributed by atoms with Gasteiger partial charge in [0.1, 0.15) is 5.69 Å². The molecule has 0 spiro atoms. The fraction of sp³-hybridized carbons (Fsp3) is 0.421. The van der Waals surface area contributed by atoms with Crippen molar-refractivity contribution in [1.29, 1.82) is 0 Å². The van der Waals surface area contributed by atoms with Gasteiger partial charge >= 0.3 is 0 Å². The van der Waals surface area contributed by atoms with Crippen molar-refractivity contribution in [2.24, 2.45) is 0 Å². The average molecular weight is 326 g/mol. The Balaban J connectivity index is 2.23. The summed E-state index contributed by atoms with van der Waals surface area (Å²) in [5.41, 5.74) is 3.37. The number of carbonyl (C=O) groups is 1. The first-order chi connectivity index (χ1) is 11.5. The molecule has 0 saturated carbocycles. The third-order valence-corrected chi connectivity index (χ3v) is 3.91. The van der Waals surface area contributed by atoms with Crippen molar-refractivity contribution in [3.05, 3.63) is 47.3 Å². The molecule has 2 rings (SSSR count). The molecule has 0 aliphatic carbocycles. The van der Waals surface area contributed by atoms with Crippen LogP contribution in [-0.2, 0) is 6.42 Å². The van der Waals surface area contributed by atoms with Crippen molar-refractivity contribution in [2.75, 3.05) is 18.9 Å². The lowest BCUT2D eigenvalue weighted by atomic mass is 10.1. The fourth-order valence-electron chi connectivity index (χ4n) is 2.50. The Labute approximate surface area is 144 Å². The Hall–Kier alpha value is -2.43. The predicted molar refractivity (Wildman–Crippen MR) is 97.7 cm³/mol. The van der Waals surface area contributed by atoms with Crippen LogP contribution in [0.1, 0.15) is 48.4 Å². The summed E-state index contributed by atoms with van der Waals surface area (Å²) in [6.45, 7) is 6.83. The third-order valence-electron chi connectivity index (χ3n) is 3.91. The number of carbonyl (C=O) groups excluding carboxylic acids is 1. The number of rotatable bonds is 7. The highest BCUT2D eigenvalue weighted by atomic mass is 16.2. The van der Waals surface area contributed by atoms with Crippen LogP contribution in [0, 0.1) is 6.92 Å². The molecule has 128 valence electrons. The average Bonchev–Trinajstić information content (AvgIpc) is 2.59. The van der Waals surface area contributed by atoms with Gasteiger partial charge in [-0.3, -0.25) is 4.79 Å². The predicted octanol–water partition coefficient (Wildman–Crippen LogP) is 3.96. The fourth-order valence-corrected chi connectivity index (χ4v) is 2.50. The van der Waals surface area contributed by atoms with Crippen LogP contribution in [0.3, 0.4) is 0 Å². The molecule has 0 atom stereocenters. The second-order valence-electron chi connectivity index (χ2n) is 5.93. The molecule has 1 heterocycles. The van der Waals surface area contributed by atoms with Crippen molar-refractivity contribution < 1.29 is 4.79 Å². The number of nitrogens with zero attached hydrogens (tertiary/aromatic N) is 3. The van der Waals surface area contributed by atoms with E-state index in [1.807, 2.05) is 32.2 Å². The van der Waals surface area contributed by atoms with E-state index < -0.39 is 0 Å². The SMILES string of the molecule is CCCCN(C)C(=O)c1cc(C)nc(Nc2ccccc2CC)n1. The summed E-state index contributed by atoms with van der Waals surface area (Å²) in [6.07, 6.45) is 2.96. The first kappa shape index (κ1) is 17.9. The van der Waals surface area contributed by atoms with Crippen LogP contribution < -0.4 is 5.32 Å². The van der Waals surface area contributed by atoms with Crippen molar-refractivity contribution in [3.8, 4) is 0 Å². The number of benzene rings is 1. The maximum Gasteiger partial charge on any atom is 0.272 e. The molecular weight excluding hydrogens is 300 g/mol. The number of nitrogens with one attached hydrogen (secondary N) is 1. The van der Waals surface area contributed by atoms with E-state index in [4.69, 9.17) is 0 Å². The number of hydrogen-bond acceptors (Lipinski definition) is 4. The maximum atomic E-state index is 12.5. The van der Waals surface area contributed by atoms with Gasteiger partial charge in [0.05, 0.1) is 0 Å². The van der Waals surface area contributed by atoms with Gasteiger partial charge < -0.3 is 10.2 Å². The molecule has 0 saturated heterocycles. The normalized spacial score (nSPS) is 10.5. The van der Waals surface area contributed by atoms with E-state index in [-0.39, 0.29) is 5.91 Å². The minimum Gasteiger partial charge on any atom is -0.340 e. The molecule has 1 amide bonds. The van der Waals surface area contributed by atoms with E-state index in [0.717, 1.165) is 37.2 Å². The molecule has 24 heavy (non-hydrogen) atoms. The Bertz CT molecular complexity index is 700. The van der Waals surface area contributed by atoms with E-state index in [9.17, 15) is 4.79 Å². The van der Waals surface area contributed by atoms with Crippen molar-refractivity contribution in [3.63, 3.8) is 0 Å². The van der Waals surface area contributed by atoms with Gasteiger partial charge in [-0.1, -0.05) is 38.5 Å². The first-order valence-electron chi connectivity index (χ1n) is 8.51. The molecule has 5 heteroatoms. The van der Waals surface area contributed by atoms with Crippen LogP contribution in [0.25, 0.3) is 0 Å². The number of para-hydroxylation sites is 1. The van der Waals surface area contributed by atoms with Crippen LogP contribution in [0.4, 0.5) is 11.6 Å². The number of aromatic nitrogens is 2. The van der Waals surface area contributed by atoms with E-state index in [1.165, 1.54) is 5.56 Å². The second kappa shape index (κ2) is 8.43. The molecule has 0 aliphatic rings. The highest BCUT2D eigenvalue weighted by Gasteiger charge is 2.15. The Morgan fingerprint density at radius 2 is 1.96 bits per heavy atom. The molecule has 0 radical (unpaired) electrons. The maximum absolute atomic E-state index is 12.5. The lowest BCUT2D eigenvalue weighted by Crippen LogP contribution is -2.28. The monoisotopic (exact) mass is 326 g/mol. The lowest BCUT2D eigenvalue weighted by Gasteiger charge is -2.17. The molecule has 0 bridgehead atoms. The minimum absolute atomic E-state index is 0.0687. The standard InChI is InChI=1S/C19H26N4O/c1-5-7-12-23(4)18(24)17-13-14(3)20-19(22-17)21-16-11-9-8-10-15(16)6-2/h8-11,13H,5-7,12H2,1-4H3,(H,20,21,22). The van der Waals surface area contributed by atoms with Crippen LogP contribution in [0.15, 0.2) is 30.3 Å². The molecule has 2 aromatic rings. The van der Waals surface area contributed by atoms with Crippen LogP contribution >= 0.6 is 0 Å². The van der Waals surface area contributed by atoms with Crippen LogP contribution in [0.2, 0.25) is 0 Å².